The van der Waals surface area contributed by atoms with Crippen LogP contribution in [0.3, 0.4) is 0 Å². The maximum Gasteiger partial charge on any atom is 0.425 e. The molecule has 14 heteroatoms. The fourth-order valence-electron chi connectivity index (χ4n) is 2.35. The van der Waals surface area contributed by atoms with E-state index < -0.39 is 37.5 Å². The summed E-state index contributed by atoms with van der Waals surface area (Å²) in [7, 11) is -4.43. The van der Waals surface area contributed by atoms with Gasteiger partial charge in [-0.2, -0.15) is 29.8 Å². The van der Waals surface area contributed by atoms with Crippen molar-refractivity contribution >= 4 is 43.5 Å². The van der Waals surface area contributed by atoms with Crippen molar-refractivity contribution in [2.75, 3.05) is 40.3 Å². The van der Waals surface area contributed by atoms with Crippen LogP contribution in [-0.2, 0) is 25.2 Å². The van der Waals surface area contributed by atoms with E-state index in [1.165, 1.54) is 14.1 Å². The zero-order valence-corrected chi connectivity index (χ0v) is 19.0. The Labute approximate surface area is 186 Å². The number of carbonyl (C=O) groups excluding carboxylic acids is 2. The van der Waals surface area contributed by atoms with Crippen LogP contribution in [0.5, 0.6) is 0 Å². The normalized spacial score (nSPS) is 21.3. The number of rotatable bonds is 0. The van der Waals surface area contributed by atoms with E-state index in [0.29, 0.717) is 30.2 Å². The molecule has 2 heterocycles. The maximum atomic E-state index is 11.8. The highest BCUT2D eigenvalue weighted by molar-refractivity contribution is 7.87. The quantitative estimate of drug-likeness (QED) is 0.373. The van der Waals surface area contributed by atoms with Crippen molar-refractivity contribution in [1.29, 1.82) is 0 Å². The monoisotopic (exact) mass is 494 g/mol. The minimum atomic E-state index is -3.68. The number of ether oxygens (including phenoxy) is 1. The molecule has 2 aliphatic rings. The third kappa shape index (κ3) is 7.84. The summed E-state index contributed by atoms with van der Waals surface area (Å²) in [6, 6.07) is 0. The Kier molecular flexibility index (Phi) is 11.9. The molecular weight excluding hydrogens is 460 g/mol. The first-order chi connectivity index (χ1) is 12.6. The third-order valence-electron chi connectivity index (χ3n) is 3.81. The fraction of sp³-hybridized carbons (Fsp3) is 0.875. The first kappa shape index (κ1) is 31.0. The van der Waals surface area contributed by atoms with Crippen LogP contribution in [0.1, 0.15) is 48.5 Å². The van der Waals surface area contributed by atoms with Gasteiger partial charge in [-0.15, -0.1) is 0 Å². The van der Waals surface area contributed by atoms with Crippen LogP contribution in [0.2, 0.25) is 0 Å². The Bertz CT molecular complexity index is 797. The fourth-order valence-corrected chi connectivity index (χ4v) is 5.21. The molecule has 0 aromatic carbocycles. The summed E-state index contributed by atoms with van der Waals surface area (Å²) < 4.78 is 54.9. The lowest BCUT2D eigenvalue weighted by molar-refractivity contribution is 0.0367. The first-order valence-corrected chi connectivity index (χ1v) is 11.7. The van der Waals surface area contributed by atoms with Crippen LogP contribution < -0.4 is 0 Å². The minimum Gasteiger partial charge on any atom is -0.443 e. The molecule has 2 saturated heterocycles. The first-order valence-electron chi connectivity index (χ1n) is 8.51. The highest BCUT2D eigenvalue weighted by Gasteiger charge is 2.37. The molecule has 11 nitrogen and oxygen atoms in total. The summed E-state index contributed by atoms with van der Waals surface area (Å²) in [6.07, 6.45) is 0.433. The van der Waals surface area contributed by atoms with E-state index in [1.807, 2.05) is 0 Å². The van der Waals surface area contributed by atoms with Gasteiger partial charge in [0.25, 0.3) is 0 Å². The second kappa shape index (κ2) is 11.5. The van der Waals surface area contributed by atoms with Gasteiger partial charge in [0, 0.05) is 40.3 Å². The van der Waals surface area contributed by atoms with Crippen LogP contribution >= 0.6 is 11.6 Å². The standard InChI is InChI=1S/C9H18N2O4S.C5H9ClN2O3S.2CH4/c1-9(2,3)15-8(12)11-7-5-6-10(4)16(11,13)14;1-7-3-2-4-8(5(6)9)12(7,10)11;;/h5-7H2,1-4H3;2-4H2,1H3;2*1H4. The van der Waals surface area contributed by atoms with Crippen molar-refractivity contribution in [3.63, 3.8) is 0 Å². The number of amides is 2. The summed E-state index contributed by atoms with van der Waals surface area (Å²) in [5.74, 6) is 0. The SMILES string of the molecule is C.C.CN1CCCN(C(=O)Cl)S1(=O)=O.CN1CCCN(C(=O)OC(C)(C)C)S1(=O)=O. The molecule has 0 aromatic heterocycles. The van der Waals surface area contributed by atoms with Crippen molar-refractivity contribution in [3.8, 4) is 0 Å². The van der Waals surface area contributed by atoms with Gasteiger partial charge in [0.2, 0.25) is 0 Å². The molecule has 0 N–H and O–H groups in total. The molecule has 0 aromatic rings. The van der Waals surface area contributed by atoms with Crippen LogP contribution in [0.4, 0.5) is 9.59 Å². The van der Waals surface area contributed by atoms with E-state index in [2.05, 4.69) is 0 Å². The molecular formula is C16H35ClN4O7S2. The molecule has 0 spiro atoms. The molecule has 0 bridgehead atoms. The van der Waals surface area contributed by atoms with Gasteiger partial charge in [-0.05, 0) is 45.2 Å². The Balaban J connectivity index is 0. The molecule has 2 rings (SSSR count). The topological polar surface area (TPSA) is 125 Å². The van der Waals surface area contributed by atoms with E-state index in [1.54, 1.807) is 20.8 Å². The highest BCUT2D eigenvalue weighted by Crippen LogP contribution is 2.18. The van der Waals surface area contributed by atoms with E-state index in [-0.39, 0.29) is 27.9 Å². The number of carbonyl (C=O) groups is 2. The van der Waals surface area contributed by atoms with Crippen molar-refractivity contribution in [2.45, 2.75) is 54.1 Å². The Hall–Kier alpha value is -1.15. The molecule has 0 aliphatic carbocycles. The summed E-state index contributed by atoms with van der Waals surface area (Å²) >= 11 is 5.09. The van der Waals surface area contributed by atoms with Gasteiger partial charge in [-0.1, -0.05) is 14.9 Å². The second-order valence-corrected chi connectivity index (χ2v) is 11.5. The lowest BCUT2D eigenvalue weighted by Gasteiger charge is -2.33. The molecule has 0 unspecified atom stereocenters. The maximum absolute atomic E-state index is 11.8. The van der Waals surface area contributed by atoms with E-state index in [0.717, 1.165) is 12.9 Å². The van der Waals surface area contributed by atoms with E-state index in [4.69, 9.17) is 16.3 Å². The Morgan fingerprint density at radius 3 is 1.50 bits per heavy atom. The van der Waals surface area contributed by atoms with Crippen molar-refractivity contribution in [1.82, 2.24) is 17.2 Å². The average Bonchev–Trinajstić information content (AvgIpc) is 2.51. The van der Waals surface area contributed by atoms with Gasteiger partial charge < -0.3 is 4.74 Å². The predicted octanol–water partition coefficient (Wildman–Crippen LogP) is 2.30. The van der Waals surface area contributed by atoms with Crippen LogP contribution in [0.25, 0.3) is 0 Å². The van der Waals surface area contributed by atoms with Gasteiger partial charge in [-0.25, -0.2) is 9.10 Å². The lowest BCUT2D eigenvalue weighted by atomic mass is 10.2. The number of nitrogens with zero attached hydrogens (tertiary/aromatic N) is 4. The Morgan fingerprint density at radius 1 is 0.800 bits per heavy atom. The van der Waals surface area contributed by atoms with Crippen LogP contribution in [0.15, 0.2) is 0 Å². The molecule has 180 valence electrons. The average molecular weight is 495 g/mol. The van der Waals surface area contributed by atoms with Gasteiger partial charge >= 0.3 is 31.9 Å². The minimum absolute atomic E-state index is 0. The number of hydrogen-bond donors (Lipinski definition) is 0. The highest BCUT2D eigenvalue weighted by atomic mass is 35.5. The van der Waals surface area contributed by atoms with E-state index >= 15 is 0 Å². The lowest BCUT2D eigenvalue weighted by Crippen LogP contribution is -2.51. The van der Waals surface area contributed by atoms with Crippen LogP contribution in [-0.4, -0.2) is 91.4 Å². The van der Waals surface area contributed by atoms with Crippen molar-refractivity contribution in [2.24, 2.45) is 0 Å². The van der Waals surface area contributed by atoms with Crippen LogP contribution in [0, 0.1) is 0 Å². The third-order valence-corrected chi connectivity index (χ3v) is 7.85. The zero-order chi connectivity index (χ0) is 21.9. The van der Waals surface area contributed by atoms with Gasteiger partial charge in [-0.3, -0.25) is 4.79 Å². The Morgan fingerprint density at radius 2 is 1.17 bits per heavy atom. The molecule has 0 atom stereocenters. The molecule has 2 aliphatic heterocycles. The summed E-state index contributed by atoms with van der Waals surface area (Å²) in [5.41, 5.74) is -0.692. The summed E-state index contributed by atoms with van der Waals surface area (Å²) in [4.78, 5) is 22.3. The van der Waals surface area contributed by atoms with Gasteiger partial charge in [0.1, 0.15) is 5.60 Å². The van der Waals surface area contributed by atoms with Crippen molar-refractivity contribution in [3.05, 3.63) is 0 Å². The predicted molar refractivity (Wildman–Crippen MR) is 117 cm³/mol. The smallest absolute Gasteiger partial charge is 0.425 e. The molecule has 30 heavy (non-hydrogen) atoms. The largest absolute Gasteiger partial charge is 0.443 e. The molecule has 0 saturated carbocycles. The summed E-state index contributed by atoms with van der Waals surface area (Å²) in [6.45, 7) is 6.32. The molecule has 0 radical (unpaired) electrons. The molecule has 2 amide bonds. The molecule has 2 fully saturated rings. The number of hydrogen-bond acceptors (Lipinski definition) is 7. The second-order valence-electron chi connectivity index (χ2n) is 7.24. The van der Waals surface area contributed by atoms with Crippen molar-refractivity contribution < 1.29 is 31.2 Å². The zero-order valence-electron chi connectivity index (χ0n) is 16.6. The number of halogens is 1. The van der Waals surface area contributed by atoms with E-state index in [9.17, 15) is 26.4 Å². The summed E-state index contributed by atoms with van der Waals surface area (Å²) in [5, 5.41) is -0.943. The van der Waals surface area contributed by atoms with Gasteiger partial charge in [0.05, 0.1) is 0 Å². The van der Waals surface area contributed by atoms with Gasteiger partial charge in [0.15, 0.2) is 0 Å².